The van der Waals surface area contributed by atoms with Gasteiger partial charge < -0.3 is 10.1 Å². The van der Waals surface area contributed by atoms with Gasteiger partial charge in [-0.05, 0) is 31.7 Å². The number of nitrogens with zero attached hydrogens (tertiary/aromatic N) is 2. The van der Waals surface area contributed by atoms with Crippen molar-refractivity contribution in [1.29, 1.82) is 5.26 Å². The molecule has 0 fully saturated rings. The maximum atomic E-state index is 11.4. The highest BCUT2D eigenvalue weighted by Gasteiger charge is 2.05. The Labute approximate surface area is 120 Å². The second-order valence-corrected chi connectivity index (χ2v) is 4.52. The molecule has 0 spiro atoms. The highest BCUT2D eigenvalue weighted by Crippen LogP contribution is 2.12. The van der Waals surface area contributed by atoms with Crippen molar-refractivity contribution in [2.24, 2.45) is 0 Å². The van der Waals surface area contributed by atoms with Gasteiger partial charge in [0.05, 0.1) is 19.0 Å². The Bertz CT molecular complexity index is 451. The Balaban J connectivity index is 2.26. The molecule has 0 saturated carbocycles. The number of hydrogen-bond donors (Lipinski definition) is 1. The van der Waals surface area contributed by atoms with Gasteiger partial charge in [-0.25, -0.2) is 0 Å². The third kappa shape index (κ3) is 6.21. The van der Waals surface area contributed by atoms with Crippen molar-refractivity contribution in [3.05, 3.63) is 29.8 Å². The van der Waals surface area contributed by atoms with Gasteiger partial charge >= 0.3 is 0 Å². The molecule has 0 radical (unpaired) electrons. The zero-order valence-corrected chi connectivity index (χ0v) is 12.1. The standard InChI is InChI=1S/C15H21N3O2/c1-3-17-15(19)12-18(2)10-11-20-14-6-4-13(5-7-14)8-9-16/h4-7H,3,8,10-12H2,1-2H3,(H,17,19). The van der Waals surface area contributed by atoms with E-state index >= 15 is 0 Å². The summed E-state index contributed by atoms with van der Waals surface area (Å²) in [6.45, 7) is 4.12. The molecule has 0 aliphatic rings. The van der Waals surface area contributed by atoms with E-state index in [1.165, 1.54) is 0 Å². The molecule has 5 heteroatoms. The van der Waals surface area contributed by atoms with Crippen LogP contribution in [0.3, 0.4) is 0 Å². The maximum Gasteiger partial charge on any atom is 0.234 e. The molecule has 20 heavy (non-hydrogen) atoms. The van der Waals surface area contributed by atoms with E-state index in [0.29, 0.717) is 32.7 Å². The Morgan fingerprint density at radius 1 is 1.40 bits per heavy atom. The molecule has 0 saturated heterocycles. The summed E-state index contributed by atoms with van der Waals surface area (Å²) in [6, 6.07) is 9.59. The van der Waals surface area contributed by atoms with Gasteiger partial charge in [-0.2, -0.15) is 5.26 Å². The number of carbonyl (C=O) groups is 1. The molecule has 0 aliphatic carbocycles. The van der Waals surface area contributed by atoms with Crippen molar-refractivity contribution in [3.8, 4) is 11.8 Å². The first-order chi connectivity index (χ1) is 9.65. The number of ether oxygens (including phenoxy) is 1. The lowest BCUT2D eigenvalue weighted by Crippen LogP contribution is -2.36. The van der Waals surface area contributed by atoms with Gasteiger partial charge in [0.1, 0.15) is 12.4 Å². The van der Waals surface area contributed by atoms with Crippen LogP contribution in [0.1, 0.15) is 12.5 Å². The minimum atomic E-state index is 0.0239. The van der Waals surface area contributed by atoms with Crippen molar-refractivity contribution in [2.75, 3.05) is 33.3 Å². The van der Waals surface area contributed by atoms with Crippen LogP contribution in [0, 0.1) is 11.3 Å². The summed E-state index contributed by atoms with van der Waals surface area (Å²) in [6.07, 6.45) is 0.412. The van der Waals surface area contributed by atoms with Crippen LogP contribution >= 0.6 is 0 Å². The van der Waals surface area contributed by atoms with Gasteiger partial charge in [-0.15, -0.1) is 0 Å². The number of hydrogen-bond acceptors (Lipinski definition) is 4. The van der Waals surface area contributed by atoms with E-state index in [0.717, 1.165) is 11.3 Å². The molecule has 0 unspecified atom stereocenters. The van der Waals surface area contributed by atoms with Crippen molar-refractivity contribution in [2.45, 2.75) is 13.3 Å². The number of benzene rings is 1. The van der Waals surface area contributed by atoms with Crippen LogP contribution in [0.4, 0.5) is 0 Å². The van der Waals surface area contributed by atoms with E-state index in [2.05, 4.69) is 11.4 Å². The maximum absolute atomic E-state index is 11.4. The lowest BCUT2D eigenvalue weighted by molar-refractivity contribution is -0.121. The van der Waals surface area contributed by atoms with Crippen LogP contribution in [-0.4, -0.2) is 44.1 Å². The summed E-state index contributed by atoms with van der Waals surface area (Å²) in [5, 5.41) is 11.3. The third-order valence-electron chi connectivity index (χ3n) is 2.74. The van der Waals surface area contributed by atoms with Gasteiger partial charge in [-0.1, -0.05) is 12.1 Å². The molecule has 0 aromatic heterocycles. The second kappa shape index (κ2) is 8.94. The molecule has 1 aromatic rings. The molecule has 5 nitrogen and oxygen atoms in total. The zero-order chi connectivity index (χ0) is 14.8. The number of rotatable bonds is 8. The average molecular weight is 275 g/mol. The Hall–Kier alpha value is -2.06. The van der Waals surface area contributed by atoms with Crippen molar-refractivity contribution in [1.82, 2.24) is 10.2 Å². The first-order valence-corrected chi connectivity index (χ1v) is 6.69. The van der Waals surface area contributed by atoms with Crippen LogP contribution in [0.25, 0.3) is 0 Å². The molecule has 1 aromatic carbocycles. The molecule has 0 bridgehead atoms. The molecular weight excluding hydrogens is 254 g/mol. The quantitative estimate of drug-likeness (QED) is 0.774. The van der Waals surface area contributed by atoms with Crippen molar-refractivity contribution >= 4 is 5.91 Å². The summed E-state index contributed by atoms with van der Waals surface area (Å²) in [4.78, 5) is 13.3. The lowest BCUT2D eigenvalue weighted by Gasteiger charge is -2.16. The average Bonchev–Trinajstić information content (AvgIpc) is 2.41. The summed E-state index contributed by atoms with van der Waals surface area (Å²) in [5.74, 6) is 0.800. The fourth-order valence-corrected chi connectivity index (χ4v) is 1.69. The number of amides is 1. The molecule has 1 rings (SSSR count). The second-order valence-electron chi connectivity index (χ2n) is 4.52. The zero-order valence-electron chi connectivity index (χ0n) is 12.1. The van der Waals surface area contributed by atoms with Crippen LogP contribution in [0.15, 0.2) is 24.3 Å². The Kier molecular flexibility index (Phi) is 7.15. The first kappa shape index (κ1) is 16.0. The molecule has 1 N–H and O–H groups in total. The summed E-state index contributed by atoms with van der Waals surface area (Å²) >= 11 is 0. The summed E-state index contributed by atoms with van der Waals surface area (Å²) in [7, 11) is 1.88. The van der Waals surface area contributed by atoms with Gasteiger partial charge in [0.25, 0.3) is 0 Å². The van der Waals surface area contributed by atoms with Crippen LogP contribution in [-0.2, 0) is 11.2 Å². The van der Waals surface area contributed by atoms with E-state index in [9.17, 15) is 4.79 Å². The molecular formula is C15H21N3O2. The van der Waals surface area contributed by atoms with E-state index < -0.39 is 0 Å². The normalized spacial score (nSPS) is 10.1. The fourth-order valence-electron chi connectivity index (χ4n) is 1.69. The van der Waals surface area contributed by atoms with E-state index in [4.69, 9.17) is 10.00 Å². The summed E-state index contributed by atoms with van der Waals surface area (Å²) in [5.41, 5.74) is 0.980. The SMILES string of the molecule is CCNC(=O)CN(C)CCOc1ccc(CC#N)cc1. The van der Waals surface area contributed by atoms with Crippen molar-refractivity contribution in [3.63, 3.8) is 0 Å². The highest BCUT2D eigenvalue weighted by molar-refractivity contribution is 5.77. The van der Waals surface area contributed by atoms with E-state index in [1.54, 1.807) is 0 Å². The number of carbonyl (C=O) groups excluding carboxylic acids is 1. The van der Waals surface area contributed by atoms with Crippen LogP contribution in [0.5, 0.6) is 5.75 Å². The number of nitrogens with one attached hydrogen (secondary N) is 1. The summed E-state index contributed by atoms with van der Waals surface area (Å²) < 4.78 is 5.60. The Morgan fingerprint density at radius 2 is 2.10 bits per heavy atom. The third-order valence-corrected chi connectivity index (χ3v) is 2.74. The molecule has 0 aliphatic heterocycles. The highest BCUT2D eigenvalue weighted by atomic mass is 16.5. The number of likely N-dealkylation sites (N-methyl/N-ethyl adjacent to an activating group) is 2. The number of nitriles is 1. The molecule has 0 atom stereocenters. The molecule has 0 heterocycles. The lowest BCUT2D eigenvalue weighted by atomic mass is 10.2. The van der Waals surface area contributed by atoms with Gasteiger partial charge in [0.2, 0.25) is 5.91 Å². The molecule has 1 amide bonds. The molecule has 108 valence electrons. The topological polar surface area (TPSA) is 65.4 Å². The van der Waals surface area contributed by atoms with Gasteiger partial charge in [0, 0.05) is 13.1 Å². The van der Waals surface area contributed by atoms with Crippen LogP contribution in [0.2, 0.25) is 0 Å². The predicted octanol–water partition coefficient (Wildman–Crippen LogP) is 1.20. The largest absolute Gasteiger partial charge is 0.492 e. The Morgan fingerprint density at radius 3 is 2.70 bits per heavy atom. The smallest absolute Gasteiger partial charge is 0.234 e. The van der Waals surface area contributed by atoms with Crippen LogP contribution < -0.4 is 10.1 Å². The van der Waals surface area contributed by atoms with Gasteiger partial charge in [0.15, 0.2) is 0 Å². The van der Waals surface area contributed by atoms with E-state index in [1.807, 2.05) is 43.1 Å². The van der Waals surface area contributed by atoms with Gasteiger partial charge in [-0.3, -0.25) is 9.69 Å². The van der Waals surface area contributed by atoms with E-state index in [-0.39, 0.29) is 5.91 Å². The minimum Gasteiger partial charge on any atom is -0.492 e. The van der Waals surface area contributed by atoms with Crippen molar-refractivity contribution < 1.29 is 9.53 Å². The first-order valence-electron chi connectivity index (χ1n) is 6.69. The fraction of sp³-hybridized carbons (Fsp3) is 0.467. The monoisotopic (exact) mass is 275 g/mol. The predicted molar refractivity (Wildman–Crippen MR) is 77.4 cm³/mol. The minimum absolute atomic E-state index is 0.0239.